The molecule has 0 radical (unpaired) electrons. The van der Waals surface area contributed by atoms with Gasteiger partial charge in [0.05, 0.1) is 6.10 Å². The smallest absolute Gasteiger partial charge is 0.239 e. The van der Waals surface area contributed by atoms with Gasteiger partial charge in [-0.2, -0.15) is 0 Å². The lowest BCUT2D eigenvalue weighted by Gasteiger charge is -2.16. The van der Waals surface area contributed by atoms with E-state index in [4.69, 9.17) is 15.2 Å². The van der Waals surface area contributed by atoms with E-state index in [2.05, 4.69) is 5.32 Å². The third kappa shape index (κ3) is 5.05. The molecule has 2 atom stereocenters. The predicted octanol–water partition coefficient (Wildman–Crippen LogP) is 2.56. The molecule has 5 heteroatoms. The molecule has 2 aromatic rings. The number of amides is 1. The summed E-state index contributed by atoms with van der Waals surface area (Å²) in [7, 11) is 0. The van der Waals surface area contributed by atoms with Crippen LogP contribution in [0.2, 0.25) is 0 Å². The first-order valence-corrected chi connectivity index (χ1v) is 8.63. The van der Waals surface area contributed by atoms with E-state index in [1.54, 1.807) is 0 Å². The Balaban J connectivity index is 1.58. The second-order valence-corrected chi connectivity index (χ2v) is 6.22. The molecule has 2 aromatic carbocycles. The summed E-state index contributed by atoms with van der Waals surface area (Å²) in [5.41, 5.74) is 7.44. The first kappa shape index (κ1) is 17.5. The van der Waals surface area contributed by atoms with Crippen molar-refractivity contribution >= 4 is 5.91 Å². The Morgan fingerprint density at radius 1 is 1.24 bits per heavy atom. The van der Waals surface area contributed by atoms with Crippen LogP contribution in [0.5, 0.6) is 5.75 Å². The van der Waals surface area contributed by atoms with Gasteiger partial charge >= 0.3 is 0 Å². The molecule has 0 aliphatic carbocycles. The van der Waals surface area contributed by atoms with Gasteiger partial charge in [0.1, 0.15) is 18.4 Å². The van der Waals surface area contributed by atoms with E-state index < -0.39 is 11.9 Å². The van der Waals surface area contributed by atoms with Gasteiger partial charge in [-0.05, 0) is 36.1 Å². The normalized spacial score (nSPS) is 18.0. The minimum atomic E-state index is -0.516. The van der Waals surface area contributed by atoms with Crippen molar-refractivity contribution in [2.45, 2.75) is 31.5 Å². The van der Waals surface area contributed by atoms with E-state index >= 15 is 0 Å². The van der Waals surface area contributed by atoms with Crippen molar-refractivity contribution in [3.05, 3.63) is 65.7 Å². The lowest BCUT2D eigenvalue weighted by atomic mass is 10.1. The van der Waals surface area contributed by atoms with E-state index in [0.29, 0.717) is 13.2 Å². The first-order chi connectivity index (χ1) is 12.2. The number of carbonyl (C=O) groups is 1. The van der Waals surface area contributed by atoms with Crippen LogP contribution in [0.4, 0.5) is 0 Å². The van der Waals surface area contributed by atoms with E-state index in [0.717, 1.165) is 36.3 Å². The monoisotopic (exact) mass is 340 g/mol. The number of ether oxygens (including phenoxy) is 2. The average Bonchev–Trinajstić information content (AvgIpc) is 3.15. The predicted molar refractivity (Wildman–Crippen MR) is 96.1 cm³/mol. The molecule has 0 saturated carbocycles. The molecule has 1 heterocycles. The summed E-state index contributed by atoms with van der Waals surface area (Å²) in [6.45, 7) is 1.93. The molecule has 3 rings (SSSR count). The Morgan fingerprint density at radius 3 is 2.80 bits per heavy atom. The van der Waals surface area contributed by atoms with Gasteiger partial charge in [0, 0.05) is 13.2 Å². The molecule has 3 N–H and O–H groups in total. The Hall–Kier alpha value is -2.37. The third-order valence-electron chi connectivity index (χ3n) is 4.29. The van der Waals surface area contributed by atoms with Gasteiger partial charge in [-0.25, -0.2) is 0 Å². The van der Waals surface area contributed by atoms with Crippen LogP contribution in [0.25, 0.3) is 0 Å². The number of hydrogen-bond acceptors (Lipinski definition) is 4. The number of benzene rings is 2. The molecule has 0 unspecified atom stereocenters. The molecule has 5 nitrogen and oxygen atoms in total. The van der Waals surface area contributed by atoms with Gasteiger partial charge in [0.15, 0.2) is 0 Å². The minimum Gasteiger partial charge on any atom is -0.491 e. The van der Waals surface area contributed by atoms with Crippen LogP contribution in [0.15, 0.2) is 54.6 Å². The Kier molecular flexibility index (Phi) is 6.04. The summed E-state index contributed by atoms with van der Waals surface area (Å²) in [5, 5.41) is 3.22. The van der Waals surface area contributed by atoms with E-state index in [-0.39, 0.29) is 6.10 Å². The fourth-order valence-electron chi connectivity index (χ4n) is 2.96. The third-order valence-corrected chi connectivity index (χ3v) is 4.29. The fourth-order valence-corrected chi connectivity index (χ4v) is 2.96. The average molecular weight is 340 g/mol. The summed E-state index contributed by atoms with van der Waals surface area (Å²) in [6, 6.07) is 16.8. The van der Waals surface area contributed by atoms with Crippen LogP contribution in [-0.4, -0.2) is 25.2 Å². The van der Waals surface area contributed by atoms with Crippen LogP contribution in [0.1, 0.15) is 30.0 Å². The molecule has 0 aromatic heterocycles. The fraction of sp³-hybridized carbons (Fsp3) is 0.350. The molecule has 0 spiro atoms. The van der Waals surface area contributed by atoms with E-state index in [1.165, 1.54) is 0 Å². The molecular weight excluding hydrogens is 316 g/mol. The van der Waals surface area contributed by atoms with Crippen LogP contribution in [0, 0.1) is 0 Å². The van der Waals surface area contributed by atoms with Crippen molar-refractivity contribution in [1.29, 1.82) is 0 Å². The maximum absolute atomic E-state index is 11.8. The highest BCUT2D eigenvalue weighted by atomic mass is 16.5. The molecule has 1 saturated heterocycles. The zero-order chi connectivity index (χ0) is 17.5. The molecule has 1 aliphatic heterocycles. The maximum atomic E-state index is 11.8. The van der Waals surface area contributed by atoms with Crippen LogP contribution >= 0.6 is 0 Å². The van der Waals surface area contributed by atoms with Gasteiger partial charge in [-0.1, -0.05) is 42.5 Å². The van der Waals surface area contributed by atoms with Crippen molar-refractivity contribution in [1.82, 2.24) is 5.32 Å². The number of nitrogens with two attached hydrogens (primary N) is 1. The second-order valence-electron chi connectivity index (χ2n) is 6.22. The minimum absolute atomic E-state index is 0.194. The number of primary amides is 1. The standard InChI is InChI=1S/C20H24N2O3/c21-20(23)19(16-7-2-1-3-8-16)22-13-15-6-4-9-17(12-15)25-14-18-10-5-11-24-18/h1-4,6-9,12,18-19,22H,5,10-11,13-14H2,(H2,21,23)/t18-,19+/m0/s1. The molecule has 0 bridgehead atoms. The van der Waals surface area contributed by atoms with E-state index in [9.17, 15) is 4.79 Å². The quantitative estimate of drug-likeness (QED) is 0.774. The zero-order valence-electron chi connectivity index (χ0n) is 14.2. The molecular formula is C20H24N2O3. The molecule has 1 amide bonds. The zero-order valence-corrected chi connectivity index (χ0v) is 14.2. The molecule has 25 heavy (non-hydrogen) atoms. The van der Waals surface area contributed by atoms with Gasteiger partial charge in [0.2, 0.25) is 5.91 Å². The highest BCUT2D eigenvalue weighted by molar-refractivity contribution is 5.81. The Labute approximate surface area is 148 Å². The van der Waals surface area contributed by atoms with Gasteiger partial charge < -0.3 is 15.2 Å². The highest BCUT2D eigenvalue weighted by Gasteiger charge is 2.17. The number of carbonyl (C=O) groups excluding carboxylic acids is 1. The summed E-state index contributed by atoms with van der Waals surface area (Å²) in [6.07, 6.45) is 2.35. The summed E-state index contributed by atoms with van der Waals surface area (Å²) >= 11 is 0. The molecule has 132 valence electrons. The van der Waals surface area contributed by atoms with Crippen LogP contribution in [-0.2, 0) is 16.1 Å². The SMILES string of the molecule is NC(=O)[C@H](NCc1cccc(OC[C@@H]2CCCO2)c1)c1ccccc1. The van der Waals surface area contributed by atoms with E-state index in [1.807, 2.05) is 54.6 Å². The number of hydrogen-bond donors (Lipinski definition) is 2. The van der Waals surface area contributed by atoms with Crippen molar-refractivity contribution in [2.24, 2.45) is 5.73 Å². The van der Waals surface area contributed by atoms with Crippen molar-refractivity contribution in [3.63, 3.8) is 0 Å². The molecule has 1 aliphatic rings. The van der Waals surface area contributed by atoms with Crippen LogP contribution < -0.4 is 15.8 Å². The topological polar surface area (TPSA) is 73.6 Å². The first-order valence-electron chi connectivity index (χ1n) is 8.63. The number of nitrogens with one attached hydrogen (secondary N) is 1. The van der Waals surface area contributed by atoms with Crippen molar-refractivity contribution in [3.8, 4) is 5.75 Å². The highest BCUT2D eigenvalue weighted by Crippen LogP contribution is 2.18. The van der Waals surface area contributed by atoms with Crippen molar-refractivity contribution < 1.29 is 14.3 Å². The van der Waals surface area contributed by atoms with Gasteiger partial charge in [-0.15, -0.1) is 0 Å². The van der Waals surface area contributed by atoms with Crippen LogP contribution in [0.3, 0.4) is 0 Å². The summed E-state index contributed by atoms with van der Waals surface area (Å²) in [4.78, 5) is 11.8. The Morgan fingerprint density at radius 2 is 2.08 bits per heavy atom. The lowest BCUT2D eigenvalue weighted by molar-refractivity contribution is -0.120. The number of rotatable bonds is 8. The largest absolute Gasteiger partial charge is 0.491 e. The van der Waals surface area contributed by atoms with Gasteiger partial charge in [-0.3, -0.25) is 10.1 Å². The summed E-state index contributed by atoms with van der Waals surface area (Å²) in [5.74, 6) is 0.419. The second kappa shape index (κ2) is 8.65. The Bertz CT molecular complexity index is 684. The van der Waals surface area contributed by atoms with Crippen molar-refractivity contribution in [2.75, 3.05) is 13.2 Å². The lowest BCUT2D eigenvalue weighted by Crippen LogP contribution is -2.33. The molecule has 1 fully saturated rings. The van der Waals surface area contributed by atoms with Gasteiger partial charge in [0.25, 0.3) is 0 Å². The summed E-state index contributed by atoms with van der Waals surface area (Å²) < 4.78 is 11.4. The maximum Gasteiger partial charge on any atom is 0.239 e.